The molecule has 1 aromatic rings. The van der Waals surface area contributed by atoms with Gasteiger partial charge in [0, 0.05) is 12.6 Å². The van der Waals surface area contributed by atoms with E-state index >= 15 is 0 Å². The molecule has 106 valence electrons. The van der Waals surface area contributed by atoms with E-state index in [0.29, 0.717) is 6.04 Å². The van der Waals surface area contributed by atoms with E-state index in [2.05, 4.69) is 62.3 Å². The first-order chi connectivity index (χ1) is 8.95. The zero-order chi connectivity index (χ0) is 13.9. The lowest BCUT2D eigenvalue weighted by molar-refractivity contribution is 0.234. The molecule has 1 aliphatic rings. The summed E-state index contributed by atoms with van der Waals surface area (Å²) in [6.07, 6.45) is 2.55. The minimum atomic E-state index is 0.240. The lowest BCUT2D eigenvalue weighted by Gasteiger charge is -2.29. The van der Waals surface area contributed by atoms with Crippen LogP contribution in [0.15, 0.2) is 24.3 Å². The van der Waals surface area contributed by atoms with Crippen molar-refractivity contribution in [1.29, 1.82) is 0 Å². The Morgan fingerprint density at radius 1 is 1.21 bits per heavy atom. The van der Waals surface area contributed by atoms with Crippen LogP contribution in [0.5, 0.6) is 0 Å². The van der Waals surface area contributed by atoms with Gasteiger partial charge in [0.05, 0.1) is 0 Å². The highest BCUT2D eigenvalue weighted by Gasteiger charge is 2.16. The van der Waals surface area contributed by atoms with Crippen LogP contribution in [-0.2, 0) is 12.0 Å². The molecule has 1 N–H and O–H groups in total. The Labute approximate surface area is 118 Å². The summed E-state index contributed by atoms with van der Waals surface area (Å²) in [7, 11) is 2.21. The molecule has 0 spiro atoms. The monoisotopic (exact) mass is 260 g/mol. The fourth-order valence-corrected chi connectivity index (χ4v) is 2.62. The van der Waals surface area contributed by atoms with Gasteiger partial charge in [0.25, 0.3) is 0 Å². The number of nitrogens with zero attached hydrogens (tertiary/aromatic N) is 1. The number of benzene rings is 1. The zero-order valence-electron chi connectivity index (χ0n) is 12.9. The van der Waals surface area contributed by atoms with Gasteiger partial charge in [0.15, 0.2) is 0 Å². The van der Waals surface area contributed by atoms with Gasteiger partial charge < -0.3 is 10.2 Å². The number of nitrogens with one attached hydrogen (secondary N) is 1. The molecule has 0 saturated carbocycles. The van der Waals surface area contributed by atoms with E-state index in [9.17, 15) is 0 Å². The predicted molar refractivity (Wildman–Crippen MR) is 82.5 cm³/mol. The summed E-state index contributed by atoms with van der Waals surface area (Å²) in [6, 6.07) is 9.69. The summed E-state index contributed by atoms with van der Waals surface area (Å²) in [6.45, 7) is 10.3. The highest BCUT2D eigenvalue weighted by Crippen LogP contribution is 2.22. The van der Waals surface area contributed by atoms with Crippen molar-refractivity contribution in [2.75, 3.05) is 20.1 Å². The van der Waals surface area contributed by atoms with Crippen molar-refractivity contribution in [3.8, 4) is 0 Å². The summed E-state index contributed by atoms with van der Waals surface area (Å²) < 4.78 is 0. The topological polar surface area (TPSA) is 15.3 Å². The molecule has 2 nitrogen and oxygen atoms in total. The van der Waals surface area contributed by atoms with Crippen molar-refractivity contribution in [3.63, 3.8) is 0 Å². The molecular formula is C17H28N2. The number of likely N-dealkylation sites (tertiary alicyclic amines) is 1. The van der Waals surface area contributed by atoms with Crippen molar-refractivity contribution in [3.05, 3.63) is 35.4 Å². The maximum Gasteiger partial charge on any atom is 0.0208 e. The molecule has 1 saturated heterocycles. The summed E-state index contributed by atoms with van der Waals surface area (Å²) in [4.78, 5) is 2.42. The number of piperidine rings is 1. The molecule has 0 bridgehead atoms. The maximum absolute atomic E-state index is 3.71. The third-order valence-corrected chi connectivity index (χ3v) is 4.11. The van der Waals surface area contributed by atoms with E-state index in [0.717, 1.165) is 6.54 Å². The van der Waals surface area contributed by atoms with Crippen molar-refractivity contribution < 1.29 is 0 Å². The molecular weight excluding hydrogens is 232 g/mol. The lowest BCUT2D eigenvalue weighted by Crippen LogP contribution is -2.40. The van der Waals surface area contributed by atoms with Gasteiger partial charge in [-0.25, -0.2) is 0 Å². The van der Waals surface area contributed by atoms with Crippen LogP contribution < -0.4 is 5.32 Å². The Bertz CT molecular complexity index is 398. The third-order valence-electron chi connectivity index (χ3n) is 4.11. The smallest absolute Gasteiger partial charge is 0.0208 e. The van der Waals surface area contributed by atoms with Gasteiger partial charge in [-0.05, 0) is 49.5 Å². The Morgan fingerprint density at radius 3 is 2.53 bits per heavy atom. The average Bonchev–Trinajstić information content (AvgIpc) is 2.37. The van der Waals surface area contributed by atoms with Crippen LogP contribution >= 0.6 is 0 Å². The molecule has 2 heteroatoms. The maximum atomic E-state index is 3.71. The van der Waals surface area contributed by atoms with Gasteiger partial charge in [-0.3, -0.25) is 0 Å². The molecule has 0 aromatic heterocycles. The van der Waals surface area contributed by atoms with Gasteiger partial charge in [-0.1, -0.05) is 45.0 Å². The van der Waals surface area contributed by atoms with E-state index in [1.165, 1.54) is 37.1 Å². The highest BCUT2D eigenvalue weighted by atomic mass is 15.1. The number of hydrogen-bond donors (Lipinski definition) is 1. The largest absolute Gasteiger partial charge is 0.310 e. The quantitative estimate of drug-likeness (QED) is 0.898. The molecule has 2 rings (SSSR count). The Kier molecular flexibility index (Phi) is 4.64. The highest BCUT2D eigenvalue weighted by molar-refractivity contribution is 5.28. The zero-order valence-corrected chi connectivity index (χ0v) is 12.9. The predicted octanol–water partition coefficient (Wildman–Crippen LogP) is 3.17. The molecule has 19 heavy (non-hydrogen) atoms. The SMILES string of the molecule is CN1CCC(NCc2cccc(C(C)(C)C)c2)CC1. The Morgan fingerprint density at radius 2 is 1.89 bits per heavy atom. The summed E-state index contributed by atoms with van der Waals surface area (Å²) in [5, 5.41) is 3.71. The van der Waals surface area contributed by atoms with Crippen molar-refractivity contribution in [2.45, 2.75) is 51.6 Å². The first-order valence-electron chi connectivity index (χ1n) is 7.46. The van der Waals surface area contributed by atoms with Gasteiger partial charge in [-0.15, -0.1) is 0 Å². The normalized spacial score (nSPS) is 18.7. The van der Waals surface area contributed by atoms with E-state index < -0.39 is 0 Å². The van der Waals surface area contributed by atoms with Gasteiger partial charge in [0.1, 0.15) is 0 Å². The standard InChI is InChI=1S/C17H28N2/c1-17(2,3)15-7-5-6-14(12-15)13-18-16-8-10-19(4)11-9-16/h5-7,12,16,18H,8-11,13H2,1-4H3. The molecule has 0 aliphatic carbocycles. The molecule has 0 radical (unpaired) electrons. The molecule has 0 atom stereocenters. The van der Waals surface area contributed by atoms with Crippen molar-refractivity contribution in [1.82, 2.24) is 10.2 Å². The lowest BCUT2D eigenvalue weighted by atomic mass is 9.86. The van der Waals surface area contributed by atoms with Crippen molar-refractivity contribution >= 4 is 0 Å². The van der Waals surface area contributed by atoms with E-state index in [1.54, 1.807) is 0 Å². The molecule has 1 heterocycles. The van der Waals surface area contributed by atoms with Crippen LogP contribution in [0.4, 0.5) is 0 Å². The van der Waals surface area contributed by atoms with Crippen LogP contribution in [-0.4, -0.2) is 31.1 Å². The summed E-state index contributed by atoms with van der Waals surface area (Å²) >= 11 is 0. The van der Waals surface area contributed by atoms with Crippen LogP contribution in [0.3, 0.4) is 0 Å². The summed E-state index contributed by atoms with van der Waals surface area (Å²) in [5.74, 6) is 0. The van der Waals surface area contributed by atoms with Gasteiger partial charge in [0.2, 0.25) is 0 Å². The van der Waals surface area contributed by atoms with Crippen LogP contribution in [0, 0.1) is 0 Å². The third kappa shape index (κ3) is 4.32. The fourth-order valence-electron chi connectivity index (χ4n) is 2.62. The Balaban J connectivity index is 1.89. The van der Waals surface area contributed by atoms with E-state index in [-0.39, 0.29) is 5.41 Å². The fraction of sp³-hybridized carbons (Fsp3) is 0.647. The first kappa shape index (κ1) is 14.5. The van der Waals surface area contributed by atoms with Gasteiger partial charge in [-0.2, -0.15) is 0 Å². The first-order valence-corrected chi connectivity index (χ1v) is 7.46. The van der Waals surface area contributed by atoms with Crippen LogP contribution in [0.25, 0.3) is 0 Å². The van der Waals surface area contributed by atoms with Gasteiger partial charge >= 0.3 is 0 Å². The second-order valence-corrected chi connectivity index (χ2v) is 6.91. The van der Waals surface area contributed by atoms with E-state index in [1.807, 2.05) is 0 Å². The number of hydrogen-bond acceptors (Lipinski definition) is 2. The minimum Gasteiger partial charge on any atom is -0.310 e. The molecule has 0 amide bonds. The molecule has 1 aliphatic heterocycles. The average molecular weight is 260 g/mol. The molecule has 0 unspecified atom stereocenters. The second kappa shape index (κ2) is 6.06. The van der Waals surface area contributed by atoms with Crippen LogP contribution in [0.2, 0.25) is 0 Å². The van der Waals surface area contributed by atoms with Crippen molar-refractivity contribution in [2.24, 2.45) is 0 Å². The minimum absolute atomic E-state index is 0.240. The second-order valence-electron chi connectivity index (χ2n) is 6.91. The number of rotatable bonds is 3. The van der Waals surface area contributed by atoms with Crippen LogP contribution in [0.1, 0.15) is 44.7 Å². The Hall–Kier alpha value is -0.860. The molecule has 1 aromatic carbocycles. The summed E-state index contributed by atoms with van der Waals surface area (Å²) in [5.41, 5.74) is 3.07. The molecule has 1 fully saturated rings. The van der Waals surface area contributed by atoms with E-state index in [4.69, 9.17) is 0 Å².